The molecule has 2 aliphatic rings. The molecule has 0 bridgehead atoms. The predicted molar refractivity (Wildman–Crippen MR) is 84.2 cm³/mol. The Labute approximate surface area is 138 Å². The third-order valence-electron chi connectivity index (χ3n) is 4.30. The first-order chi connectivity index (χ1) is 11.7. The average molecular weight is 330 g/mol. The number of piperazine rings is 1. The molecule has 1 atom stereocenters. The number of para-hydroxylation sites is 2. The van der Waals surface area contributed by atoms with Gasteiger partial charge in [-0.05, 0) is 24.2 Å². The van der Waals surface area contributed by atoms with Gasteiger partial charge in [-0.15, -0.1) is 0 Å². The molecule has 24 heavy (non-hydrogen) atoms. The molecule has 3 heterocycles. The molecule has 2 aliphatic heterocycles. The Morgan fingerprint density at radius 1 is 1.12 bits per heavy atom. The Morgan fingerprint density at radius 3 is 2.58 bits per heavy atom. The lowest BCUT2D eigenvalue weighted by Crippen LogP contribution is -2.54. The van der Waals surface area contributed by atoms with Gasteiger partial charge in [0, 0.05) is 26.2 Å². The molecular formula is C16H18N4O4. The van der Waals surface area contributed by atoms with Crippen molar-refractivity contribution in [2.45, 2.75) is 13.0 Å². The number of aryl methyl sites for hydroxylation is 1. The number of fused-ring (bicyclic) bond motifs is 1. The van der Waals surface area contributed by atoms with Gasteiger partial charge < -0.3 is 19.3 Å². The van der Waals surface area contributed by atoms with Crippen LogP contribution in [-0.4, -0.2) is 60.0 Å². The van der Waals surface area contributed by atoms with Crippen LogP contribution in [0.25, 0.3) is 0 Å². The fourth-order valence-electron chi connectivity index (χ4n) is 3.00. The quantitative estimate of drug-likeness (QED) is 0.808. The Kier molecular flexibility index (Phi) is 3.72. The summed E-state index contributed by atoms with van der Waals surface area (Å²) < 4.78 is 16.2. The van der Waals surface area contributed by atoms with Crippen LogP contribution in [0.4, 0.5) is 5.82 Å². The molecule has 0 radical (unpaired) electrons. The number of amides is 1. The van der Waals surface area contributed by atoms with Gasteiger partial charge in [0.15, 0.2) is 17.3 Å². The summed E-state index contributed by atoms with van der Waals surface area (Å²) in [5, 5.41) is 7.71. The summed E-state index contributed by atoms with van der Waals surface area (Å²) in [6.07, 6.45) is -0.595. The van der Waals surface area contributed by atoms with E-state index in [0.29, 0.717) is 37.7 Å². The molecule has 1 aromatic heterocycles. The summed E-state index contributed by atoms with van der Waals surface area (Å²) in [6.45, 7) is 4.67. The lowest BCUT2D eigenvalue weighted by atomic mass is 10.2. The normalized spacial score (nSPS) is 20.1. The second kappa shape index (κ2) is 6.03. The van der Waals surface area contributed by atoms with Gasteiger partial charge in [0.1, 0.15) is 12.3 Å². The van der Waals surface area contributed by atoms with Gasteiger partial charge in [-0.25, -0.2) is 4.63 Å². The monoisotopic (exact) mass is 330 g/mol. The number of carbonyl (C=O) groups excluding carboxylic acids is 1. The van der Waals surface area contributed by atoms with E-state index in [-0.39, 0.29) is 12.5 Å². The van der Waals surface area contributed by atoms with Crippen molar-refractivity contribution in [3.63, 3.8) is 0 Å². The maximum atomic E-state index is 12.7. The second-order valence-electron chi connectivity index (χ2n) is 5.85. The third kappa shape index (κ3) is 2.64. The van der Waals surface area contributed by atoms with Gasteiger partial charge in [0.2, 0.25) is 6.10 Å². The van der Waals surface area contributed by atoms with Crippen LogP contribution in [0.15, 0.2) is 28.9 Å². The Morgan fingerprint density at radius 2 is 1.88 bits per heavy atom. The highest BCUT2D eigenvalue weighted by Crippen LogP contribution is 2.31. The summed E-state index contributed by atoms with van der Waals surface area (Å²) in [4.78, 5) is 16.6. The van der Waals surface area contributed by atoms with Crippen molar-refractivity contribution in [3.8, 4) is 11.5 Å². The second-order valence-corrected chi connectivity index (χ2v) is 5.85. The van der Waals surface area contributed by atoms with Gasteiger partial charge >= 0.3 is 0 Å². The topological polar surface area (TPSA) is 80.9 Å². The van der Waals surface area contributed by atoms with Crippen molar-refractivity contribution in [2.75, 3.05) is 37.7 Å². The number of hydrogen-bond donors (Lipinski definition) is 0. The van der Waals surface area contributed by atoms with Crippen molar-refractivity contribution in [1.29, 1.82) is 0 Å². The van der Waals surface area contributed by atoms with Crippen molar-refractivity contribution >= 4 is 11.7 Å². The molecule has 0 saturated carbocycles. The summed E-state index contributed by atoms with van der Waals surface area (Å²) >= 11 is 0. The average Bonchev–Trinajstić information content (AvgIpc) is 3.07. The molecule has 2 aromatic rings. The molecule has 1 fully saturated rings. The standard InChI is InChI=1S/C16H18N4O4/c1-11-15(18-24-17-11)19-6-8-20(9-7-19)16(21)14-10-22-12-4-2-3-5-13(12)23-14/h2-5,14H,6-10H2,1H3. The molecular weight excluding hydrogens is 312 g/mol. The van der Waals surface area contributed by atoms with E-state index in [1.54, 1.807) is 4.90 Å². The van der Waals surface area contributed by atoms with Gasteiger partial charge in [-0.2, -0.15) is 0 Å². The van der Waals surface area contributed by atoms with Crippen LogP contribution in [0.5, 0.6) is 11.5 Å². The predicted octanol–water partition coefficient (Wildman–Crippen LogP) is 0.867. The molecule has 126 valence electrons. The van der Waals surface area contributed by atoms with Crippen molar-refractivity contribution in [2.24, 2.45) is 0 Å². The zero-order chi connectivity index (χ0) is 16.5. The van der Waals surface area contributed by atoms with E-state index < -0.39 is 6.10 Å². The van der Waals surface area contributed by atoms with E-state index in [0.717, 1.165) is 11.5 Å². The minimum absolute atomic E-state index is 0.0425. The highest BCUT2D eigenvalue weighted by atomic mass is 16.6. The van der Waals surface area contributed by atoms with E-state index >= 15 is 0 Å². The lowest BCUT2D eigenvalue weighted by Gasteiger charge is -2.37. The molecule has 4 rings (SSSR count). The highest BCUT2D eigenvalue weighted by Gasteiger charge is 2.33. The fraction of sp³-hybridized carbons (Fsp3) is 0.438. The minimum Gasteiger partial charge on any atom is -0.485 e. The number of anilines is 1. The fourth-order valence-corrected chi connectivity index (χ4v) is 3.00. The van der Waals surface area contributed by atoms with E-state index in [2.05, 4.69) is 15.2 Å². The highest BCUT2D eigenvalue weighted by molar-refractivity contribution is 5.82. The van der Waals surface area contributed by atoms with Crippen LogP contribution in [-0.2, 0) is 4.79 Å². The zero-order valence-electron chi connectivity index (χ0n) is 13.3. The largest absolute Gasteiger partial charge is 0.485 e. The van der Waals surface area contributed by atoms with Crippen molar-refractivity contribution in [1.82, 2.24) is 15.2 Å². The number of aromatic nitrogens is 2. The maximum absolute atomic E-state index is 12.7. The number of hydrogen-bond acceptors (Lipinski definition) is 7. The molecule has 1 saturated heterocycles. The van der Waals surface area contributed by atoms with E-state index in [1.165, 1.54) is 0 Å². The summed E-state index contributed by atoms with van der Waals surface area (Å²) in [5.74, 6) is 2.00. The zero-order valence-corrected chi connectivity index (χ0v) is 13.3. The molecule has 1 amide bonds. The molecule has 8 heteroatoms. The summed E-state index contributed by atoms with van der Waals surface area (Å²) in [6, 6.07) is 7.39. The van der Waals surface area contributed by atoms with Crippen LogP contribution < -0.4 is 14.4 Å². The van der Waals surface area contributed by atoms with Crippen LogP contribution >= 0.6 is 0 Å². The van der Waals surface area contributed by atoms with Crippen LogP contribution in [0.3, 0.4) is 0 Å². The van der Waals surface area contributed by atoms with Gasteiger partial charge in [-0.3, -0.25) is 4.79 Å². The number of nitrogens with zero attached hydrogens (tertiary/aromatic N) is 4. The summed E-state index contributed by atoms with van der Waals surface area (Å²) in [7, 11) is 0. The van der Waals surface area contributed by atoms with Crippen LogP contribution in [0, 0.1) is 6.92 Å². The first-order valence-electron chi connectivity index (χ1n) is 7.94. The molecule has 0 aliphatic carbocycles. The van der Waals surface area contributed by atoms with Gasteiger partial charge in [0.05, 0.1) is 0 Å². The molecule has 0 spiro atoms. The van der Waals surface area contributed by atoms with Crippen molar-refractivity contribution in [3.05, 3.63) is 30.0 Å². The maximum Gasteiger partial charge on any atom is 0.267 e. The minimum atomic E-state index is -0.595. The molecule has 8 nitrogen and oxygen atoms in total. The molecule has 1 aromatic carbocycles. The van der Waals surface area contributed by atoms with E-state index in [1.807, 2.05) is 31.2 Å². The Hall–Kier alpha value is -2.77. The van der Waals surface area contributed by atoms with Crippen molar-refractivity contribution < 1.29 is 18.9 Å². The van der Waals surface area contributed by atoms with Crippen LogP contribution in [0.2, 0.25) is 0 Å². The molecule has 1 unspecified atom stereocenters. The Bertz CT molecular complexity index is 739. The Balaban J connectivity index is 1.38. The van der Waals surface area contributed by atoms with Gasteiger partial charge in [-0.1, -0.05) is 17.3 Å². The third-order valence-corrected chi connectivity index (χ3v) is 4.30. The number of rotatable bonds is 2. The van der Waals surface area contributed by atoms with Crippen LogP contribution in [0.1, 0.15) is 5.69 Å². The summed E-state index contributed by atoms with van der Waals surface area (Å²) in [5.41, 5.74) is 0.760. The number of benzene rings is 1. The molecule has 0 N–H and O–H groups in total. The first kappa shape index (κ1) is 14.8. The first-order valence-corrected chi connectivity index (χ1v) is 7.94. The van der Waals surface area contributed by atoms with E-state index in [4.69, 9.17) is 14.1 Å². The smallest absolute Gasteiger partial charge is 0.267 e. The van der Waals surface area contributed by atoms with E-state index in [9.17, 15) is 4.79 Å². The van der Waals surface area contributed by atoms with Gasteiger partial charge in [0.25, 0.3) is 5.91 Å². The SMILES string of the molecule is Cc1nonc1N1CCN(C(=O)C2COc3ccccc3O2)CC1. The lowest BCUT2D eigenvalue weighted by molar-refractivity contribution is -0.141. The number of carbonyl (C=O) groups is 1. The number of ether oxygens (including phenoxy) is 2.